The van der Waals surface area contributed by atoms with Crippen LogP contribution in [0.5, 0.6) is 0 Å². The molecule has 0 aliphatic heterocycles. The molecule has 0 aromatic heterocycles. The van der Waals surface area contributed by atoms with Crippen molar-refractivity contribution in [3.63, 3.8) is 0 Å². The molecule has 0 aliphatic carbocycles. The molecule has 0 saturated carbocycles. The number of nitrogens with one attached hydrogen (secondary N) is 1. The topological polar surface area (TPSA) is 86.8 Å². The third kappa shape index (κ3) is 8.27. The van der Waals surface area contributed by atoms with Crippen molar-refractivity contribution >= 4 is 62.3 Å². The zero-order chi connectivity index (χ0) is 26.5. The largest absolute Gasteiger partial charge is 0.354 e. The van der Waals surface area contributed by atoms with Gasteiger partial charge in [0, 0.05) is 18.1 Å². The molecule has 2 aromatic carbocycles. The normalized spacial score (nSPS) is 12.4. The molecule has 11 heteroatoms. The number of hydrogen-bond donors (Lipinski definition) is 1. The molecule has 0 spiro atoms. The van der Waals surface area contributed by atoms with Gasteiger partial charge in [0.05, 0.1) is 22.0 Å². The number of carbonyl (C=O) groups is 2. The van der Waals surface area contributed by atoms with Crippen LogP contribution < -0.4 is 9.62 Å². The summed E-state index contributed by atoms with van der Waals surface area (Å²) in [4.78, 5) is 27.7. The van der Waals surface area contributed by atoms with E-state index in [1.807, 2.05) is 13.8 Å². The van der Waals surface area contributed by atoms with Crippen molar-refractivity contribution in [2.45, 2.75) is 40.3 Å². The highest BCUT2D eigenvalue weighted by Gasteiger charge is 2.30. The molecule has 0 radical (unpaired) electrons. The number of aryl methyl sites for hydroxylation is 1. The van der Waals surface area contributed by atoms with Crippen LogP contribution in [0.25, 0.3) is 0 Å². The number of amides is 2. The van der Waals surface area contributed by atoms with Crippen LogP contribution in [0, 0.1) is 12.8 Å². The van der Waals surface area contributed by atoms with Crippen LogP contribution in [-0.4, -0.2) is 50.5 Å². The maximum atomic E-state index is 13.6. The van der Waals surface area contributed by atoms with Gasteiger partial charge in [0.2, 0.25) is 21.8 Å². The second kappa shape index (κ2) is 12.3. The minimum absolute atomic E-state index is 0.0259. The number of nitrogens with zero attached hydrogens (tertiary/aromatic N) is 2. The lowest BCUT2D eigenvalue weighted by Crippen LogP contribution is -2.51. The summed E-state index contributed by atoms with van der Waals surface area (Å²) in [5.74, 6) is -0.693. The van der Waals surface area contributed by atoms with Crippen molar-refractivity contribution in [1.82, 2.24) is 10.2 Å². The lowest BCUT2D eigenvalue weighted by molar-refractivity contribution is -0.139. The molecule has 0 heterocycles. The minimum Gasteiger partial charge on any atom is -0.354 e. The van der Waals surface area contributed by atoms with Gasteiger partial charge in [0.1, 0.15) is 12.6 Å². The molecule has 1 unspecified atom stereocenters. The van der Waals surface area contributed by atoms with Gasteiger partial charge >= 0.3 is 0 Å². The molecule has 1 N–H and O–H groups in total. The van der Waals surface area contributed by atoms with Crippen molar-refractivity contribution in [3.8, 4) is 0 Å². The van der Waals surface area contributed by atoms with Crippen molar-refractivity contribution in [1.29, 1.82) is 0 Å². The van der Waals surface area contributed by atoms with Crippen LogP contribution >= 0.6 is 34.8 Å². The maximum absolute atomic E-state index is 13.6. The Hall–Kier alpha value is -2.00. The second-order valence-electron chi connectivity index (χ2n) is 8.79. The van der Waals surface area contributed by atoms with Gasteiger partial charge in [-0.05, 0) is 55.2 Å². The van der Waals surface area contributed by atoms with Crippen molar-refractivity contribution in [3.05, 3.63) is 62.6 Å². The minimum atomic E-state index is -3.85. The zero-order valence-electron chi connectivity index (χ0n) is 20.3. The molecular weight excluding hydrogens is 533 g/mol. The van der Waals surface area contributed by atoms with E-state index in [1.54, 1.807) is 44.2 Å². The smallest absolute Gasteiger partial charge is 0.244 e. The fourth-order valence-corrected chi connectivity index (χ4v) is 4.70. The van der Waals surface area contributed by atoms with E-state index in [4.69, 9.17) is 34.8 Å². The highest BCUT2D eigenvalue weighted by atomic mass is 35.5. The molecule has 2 rings (SSSR count). The summed E-state index contributed by atoms with van der Waals surface area (Å²) in [6, 6.07) is 8.84. The Labute approximate surface area is 222 Å². The Morgan fingerprint density at radius 1 is 1.00 bits per heavy atom. The second-order valence-corrected chi connectivity index (χ2v) is 11.9. The highest BCUT2D eigenvalue weighted by molar-refractivity contribution is 7.92. The summed E-state index contributed by atoms with van der Waals surface area (Å²) >= 11 is 18.3. The van der Waals surface area contributed by atoms with Crippen molar-refractivity contribution < 1.29 is 18.0 Å². The lowest BCUT2D eigenvalue weighted by atomic mass is 10.1. The molecule has 0 fully saturated rings. The van der Waals surface area contributed by atoms with E-state index in [0.717, 1.165) is 10.6 Å². The van der Waals surface area contributed by atoms with Crippen molar-refractivity contribution in [2.75, 3.05) is 23.7 Å². The van der Waals surface area contributed by atoms with E-state index < -0.39 is 28.5 Å². The Morgan fingerprint density at radius 3 is 2.23 bits per heavy atom. The van der Waals surface area contributed by atoms with Crippen LogP contribution in [0.4, 0.5) is 5.69 Å². The number of rotatable bonds is 10. The molecular formula is C24H30Cl3N3O4S. The fraction of sp³-hybridized carbons (Fsp3) is 0.417. The number of carbonyl (C=O) groups excluding carboxylic acids is 2. The molecule has 0 saturated heterocycles. The van der Waals surface area contributed by atoms with E-state index in [-0.39, 0.29) is 18.4 Å². The van der Waals surface area contributed by atoms with Gasteiger partial charge < -0.3 is 10.2 Å². The predicted octanol–water partition coefficient (Wildman–Crippen LogP) is 4.91. The standard InChI is InChI=1S/C24H30Cl3N3O4S/c1-15(2)12-28-24(32)17(4)29(13-18-7-9-20(26)21(27)10-18)23(31)14-30(35(5,33)34)22-11-19(25)8-6-16(22)3/h6-11,15,17H,12-14H2,1-5H3,(H,28,32). The van der Waals surface area contributed by atoms with E-state index in [1.165, 1.54) is 11.0 Å². The quantitative estimate of drug-likeness (QED) is 0.446. The summed E-state index contributed by atoms with van der Waals surface area (Å²) in [5, 5.41) is 3.82. The van der Waals surface area contributed by atoms with Crippen LogP contribution in [0.1, 0.15) is 31.9 Å². The first-order valence-corrected chi connectivity index (χ1v) is 13.9. The summed E-state index contributed by atoms with van der Waals surface area (Å²) in [5.41, 5.74) is 1.56. The summed E-state index contributed by atoms with van der Waals surface area (Å²) in [6.07, 6.45) is 1.02. The van der Waals surface area contributed by atoms with Gasteiger partial charge in [0.15, 0.2) is 0 Å². The molecule has 192 valence electrons. The molecule has 1 atom stereocenters. The first-order valence-electron chi connectivity index (χ1n) is 11.0. The average molecular weight is 563 g/mol. The number of hydrogen-bond acceptors (Lipinski definition) is 4. The maximum Gasteiger partial charge on any atom is 0.244 e. The van der Waals surface area contributed by atoms with Crippen LogP contribution in [-0.2, 0) is 26.2 Å². The summed E-state index contributed by atoms with van der Waals surface area (Å²) in [7, 11) is -3.85. The molecule has 7 nitrogen and oxygen atoms in total. The summed E-state index contributed by atoms with van der Waals surface area (Å²) in [6.45, 7) is 7.20. The van der Waals surface area contributed by atoms with Gasteiger partial charge in [-0.1, -0.05) is 60.8 Å². The monoisotopic (exact) mass is 561 g/mol. The molecule has 2 aromatic rings. The average Bonchev–Trinajstić information content (AvgIpc) is 2.76. The molecule has 35 heavy (non-hydrogen) atoms. The Balaban J connectivity index is 2.43. The predicted molar refractivity (Wildman–Crippen MR) is 143 cm³/mol. The third-order valence-electron chi connectivity index (χ3n) is 5.31. The molecule has 2 amide bonds. The van der Waals surface area contributed by atoms with Crippen LogP contribution in [0.3, 0.4) is 0 Å². The number of anilines is 1. The van der Waals surface area contributed by atoms with Gasteiger partial charge in [-0.3, -0.25) is 13.9 Å². The Morgan fingerprint density at radius 2 is 1.66 bits per heavy atom. The van der Waals surface area contributed by atoms with Gasteiger partial charge in [-0.15, -0.1) is 0 Å². The van der Waals surface area contributed by atoms with Gasteiger partial charge in [-0.2, -0.15) is 0 Å². The van der Waals surface area contributed by atoms with E-state index >= 15 is 0 Å². The molecule has 0 aliphatic rings. The summed E-state index contributed by atoms with van der Waals surface area (Å²) < 4.78 is 26.3. The van der Waals surface area contributed by atoms with Crippen molar-refractivity contribution in [2.24, 2.45) is 5.92 Å². The van der Waals surface area contributed by atoms with Gasteiger partial charge in [0.25, 0.3) is 0 Å². The zero-order valence-corrected chi connectivity index (χ0v) is 23.4. The van der Waals surface area contributed by atoms with Gasteiger partial charge in [-0.25, -0.2) is 8.42 Å². The number of halogens is 3. The Kier molecular flexibility index (Phi) is 10.3. The van der Waals surface area contributed by atoms with E-state index in [2.05, 4.69) is 5.32 Å². The lowest BCUT2D eigenvalue weighted by Gasteiger charge is -2.32. The number of benzene rings is 2. The highest BCUT2D eigenvalue weighted by Crippen LogP contribution is 2.27. The van der Waals surface area contributed by atoms with Crippen LogP contribution in [0.15, 0.2) is 36.4 Å². The SMILES string of the molecule is Cc1ccc(Cl)cc1N(CC(=O)N(Cc1ccc(Cl)c(Cl)c1)C(C)C(=O)NCC(C)C)S(C)(=O)=O. The third-order valence-corrected chi connectivity index (χ3v) is 7.41. The number of sulfonamides is 1. The first-order chi connectivity index (χ1) is 16.2. The van der Waals surface area contributed by atoms with Crippen LogP contribution in [0.2, 0.25) is 15.1 Å². The molecule has 0 bridgehead atoms. The van der Waals surface area contributed by atoms with E-state index in [0.29, 0.717) is 38.4 Å². The van der Waals surface area contributed by atoms with E-state index in [9.17, 15) is 18.0 Å². The fourth-order valence-electron chi connectivity index (χ4n) is 3.32. The first kappa shape index (κ1) is 29.2. The Bertz CT molecular complexity index is 1190.